The number of rotatable bonds is 5. The van der Waals surface area contributed by atoms with Gasteiger partial charge in [0.25, 0.3) is 0 Å². The molecule has 5 nitrogen and oxygen atoms in total. The lowest BCUT2D eigenvalue weighted by atomic mass is 10.1. The molecule has 0 saturated heterocycles. The molecule has 1 aromatic heterocycles. The molecule has 0 aliphatic carbocycles. The molecule has 0 radical (unpaired) electrons. The van der Waals surface area contributed by atoms with Crippen LogP contribution < -0.4 is 0 Å². The molecular formula is C14H17N3O2. The van der Waals surface area contributed by atoms with Crippen molar-refractivity contribution in [2.45, 2.75) is 32.7 Å². The van der Waals surface area contributed by atoms with Gasteiger partial charge in [0, 0.05) is 5.92 Å². The molecule has 0 saturated carbocycles. The van der Waals surface area contributed by atoms with Crippen LogP contribution >= 0.6 is 0 Å². The van der Waals surface area contributed by atoms with E-state index in [2.05, 4.69) is 24.0 Å². The normalized spacial score (nSPS) is 12.3. The van der Waals surface area contributed by atoms with Gasteiger partial charge in [-0.25, -0.2) is 4.79 Å². The molecule has 0 fully saturated rings. The summed E-state index contributed by atoms with van der Waals surface area (Å²) in [5.41, 5.74) is 1.34. The maximum atomic E-state index is 10.8. The van der Waals surface area contributed by atoms with Crippen molar-refractivity contribution in [3.63, 3.8) is 0 Å². The second-order valence-electron chi connectivity index (χ2n) is 4.63. The highest BCUT2D eigenvalue weighted by molar-refractivity contribution is 5.87. The summed E-state index contributed by atoms with van der Waals surface area (Å²) in [6.07, 6.45) is 2.73. The van der Waals surface area contributed by atoms with E-state index < -0.39 is 5.97 Å². The highest BCUT2D eigenvalue weighted by Gasteiger charge is 2.11. The third kappa shape index (κ3) is 2.99. The number of nitrogens with zero attached hydrogens (tertiary/aromatic N) is 3. The number of aromatic nitrogens is 3. The molecule has 0 aliphatic heterocycles. The van der Waals surface area contributed by atoms with E-state index in [-0.39, 0.29) is 0 Å². The van der Waals surface area contributed by atoms with Gasteiger partial charge < -0.3 is 9.67 Å². The molecule has 2 aromatic rings. The SMILES string of the molecule is CCC(C)c1nncn1Cc1ccc(C(=O)O)cc1. The van der Waals surface area contributed by atoms with Crippen molar-refractivity contribution in [2.24, 2.45) is 0 Å². The monoisotopic (exact) mass is 259 g/mol. The minimum Gasteiger partial charge on any atom is -0.478 e. The standard InChI is InChI=1S/C14H17N3O2/c1-3-10(2)13-16-15-9-17(13)8-11-4-6-12(7-5-11)14(18)19/h4-7,9-10H,3,8H2,1-2H3,(H,18,19). The van der Waals surface area contributed by atoms with Crippen molar-refractivity contribution in [3.8, 4) is 0 Å². The molecule has 19 heavy (non-hydrogen) atoms. The van der Waals surface area contributed by atoms with E-state index in [4.69, 9.17) is 5.11 Å². The minimum absolute atomic E-state index is 0.301. The molecule has 1 heterocycles. The smallest absolute Gasteiger partial charge is 0.335 e. The first-order valence-electron chi connectivity index (χ1n) is 6.31. The summed E-state index contributed by atoms with van der Waals surface area (Å²) in [5, 5.41) is 17.0. The fourth-order valence-electron chi connectivity index (χ4n) is 1.90. The lowest BCUT2D eigenvalue weighted by Crippen LogP contribution is -2.07. The summed E-state index contributed by atoms with van der Waals surface area (Å²) in [5.74, 6) is 0.418. The Bertz CT molecular complexity index is 560. The molecule has 1 aromatic carbocycles. The van der Waals surface area contributed by atoms with Crippen LogP contribution in [0.25, 0.3) is 0 Å². The number of benzene rings is 1. The molecule has 0 aliphatic rings. The van der Waals surface area contributed by atoms with Crippen LogP contribution in [0, 0.1) is 0 Å². The predicted octanol–water partition coefficient (Wildman–Crippen LogP) is 2.54. The number of carboxylic acid groups (broad SMARTS) is 1. The Balaban J connectivity index is 2.17. The second-order valence-corrected chi connectivity index (χ2v) is 4.63. The van der Waals surface area contributed by atoms with Gasteiger partial charge in [-0.3, -0.25) is 0 Å². The Kier molecular flexibility index (Phi) is 3.94. The van der Waals surface area contributed by atoms with Gasteiger partial charge in [0.1, 0.15) is 12.2 Å². The molecule has 0 amide bonds. The second kappa shape index (κ2) is 5.65. The number of carbonyl (C=O) groups is 1. The van der Waals surface area contributed by atoms with Crippen molar-refractivity contribution in [1.82, 2.24) is 14.8 Å². The van der Waals surface area contributed by atoms with Gasteiger partial charge in [-0.1, -0.05) is 26.0 Å². The van der Waals surface area contributed by atoms with Gasteiger partial charge in [-0.15, -0.1) is 10.2 Å². The van der Waals surface area contributed by atoms with E-state index >= 15 is 0 Å². The molecule has 5 heteroatoms. The third-order valence-electron chi connectivity index (χ3n) is 3.25. The van der Waals surface area contributed by atoms with E-state index in [0.717, 1.165) is 17.8 Å². The van der Waals surface area contributed by atoms with Crippen molar-refractivity contribution >= 4 is 5.97 Å². The van der Waals surface area contributed by atoms with Crippen molar-refractivity contribution in [1.29, 1.82) is 0 Å². The van der Waals surface area contributed by atoms with Gasteiger partial charge in [-0.2, -0.15) is 0 Å². The number of hydrogen-bond acceptors (Lipinski definition) is 3. The molecular weight excluding hydrogens is 242 g/mol. The van der Waals surface area contributed by atoms with Crippen LogP contribution in [0.4, 0.5) is 0 Å². The zero-order valence-electron chi connectivity index (χ0n) is 11.1. The average molecular weight is 259 g/mol. The maximum absolute atomic E-state index is 10.8. The van der Waals surface area contributed by atoms with E-state index in [1.165, 1.54) is 0 Å². The molecule has 1 atom stereocenters. The van der Waals surface area contributed by atoms with Crippen molar-refractivity contribution < 1.29 is 9.90 Å². The van der Waals surface area contributed by atoms with E-state index in [0.29, 0.717) is 18.0 Å². The highest BCUT2D eigenvalue weighted by Crippen LogP contribution is 2.17. The maximum Gasteiger partial charge on any atom is 0.335 e. The van der Waals surface area contributed by atoms with Gasteiger partial charge in [0.15, 0.2) is 0 Å². The van der Waals surface area contributed by atoms with Crippen LogP contribution in [-0.4, -0.2) is 25.8 Å². The topological polar surface area (TPSA) is 68.0 Å². The number of aromatic carboxylic acids is 1. The first-order valence-corrected chi connectivity index (χ1v) is 6.31. The first-order chi connectivity index (χ1) is 9.11. The van der Waals surface area contributed by atoms with Crippen molar-refractivity contribution in [3.05, 3.63) is 47.5 Å². The predicted molar refractivity (Wildman–Crippen MR) is 71.2 cm³/mol. The largest absolute Gasteiger partial charge is 0.478 e. The van der Waals surface area contributed by atoms with E-state index in [1.54, 1.807) is 18.5 Å². The lowest BCUT2D eigenvalue weighted by Gasteiger charge is -2.11. The molecule has 0 bridgehead atoms. The molecule has 2 rings (SSSR count). The Hall–Kier alpha value is -2.17. The zero-order valence-corrected chi connectivity index (χ0v) is 11.1. The van der Waals surface area contributed by atoms with Gasteiger partial charge >= 0.3 is 5.97 Å². The molecule has 1 unspecified atom stereocenters. The Morgan fingerprint density at radius 2 is 2.05 bits per heavy atom. The van der Waals surface area contributed by atoms with Crippen LogP contribution in [-0.2, 0) is 6.54 Å². The molecule has 100 valence electrons. The third-order valence-corrected chi connectivity index (χ3v) is 3.25. The minimum atomic E-state index is -0.906. The number of carboxylic acids is 1. The Labute approximate surface area is 111 Å². The zero-order chi connectivity index (χ0) is 13.8. The Morgan fingerprint density at radius 3 is 2.63 bits per heavy atom. The van der Waals surface area contributed by atoms with Crippen molar-refractivity contribution in [2.75, 3.05) is 0 Å². The summed E-state index contributed by atoms with van der Waals surface area (Å²) in [7, 11) is 0. The van der Waals surface area contributed by atoms with Crippen LogP contribution in [0.1, 0.15) is 47.9 Å². The number of hydrogen-bond donors (Lipinski definition) is 1. The van der Waals surface area contributed by atoms with Gasteiger partial charge in [0.05, 0.1) is 12.1 Å². The quantitative estimate of drug-likeness (QED) is 0.896. The summed E-state index contributed by atoms with van der Waals surface area (Å²) in [4.78, 5) is 10.8. The molecule has 1 N–H and O–H groups in total. The van der Waals surface area contributed by atoms with Crippen LogP contribution in [0.2, 0.25) is 0 Å². The fraction of sp³-hybridized carbons (Fsp3) is 0.357. The van der Waals surface area contributed by atoms with E-state index in [9.17, 15) is 4.79 Å². The Morgan fingerprint density at radius 1 is 1.37 bits per heavy atom. The lowest BCUT2D eigenvalue weighted by molar-refractivity contribution is 0.0697. The van der Waals surface area contributed by atoms with Crippen LogP contribution in [0.15, 0.2) is 30.6 Å². The highest BCUT2D eigenvalue weighted by atomic mass is 16.4. The van der Waals surface area contributed by atoms with Crippen LogP contribution in [0.3, 0.4) is 0 Å². The van der Waals surface area contributed by atoms with Crippen LogP contribution in [0.5, 0.6) is 0 Å². The summed E-state index contributed by atoms with van der Waals surface area (Å²) >= 11 is 0. The molecule has 0 spiro atoms. The van der Waals surface area contributed by atoms with E-state index in [1.807, 2.05) is 16.7 Å². The summed E-state index contributed by atoms with van der Waals surface area (Å²) < 4.78 is 2.00. The fourth-order valence-corrected chi connectivity index (χ4v) is 1.90. The average Bonchev–Trinajstić information content (AvgIpc) is 2.86. The van der Waals surface area contributed by atoms with Gasteiger partial charge in [-0.05, 0) is 24.1 Å². The summed E-state index contributed by atoms with van der Waals surface area (Å²) in [6.45, 7) is 4.89. The van der Waals surface area contributed by atoms with Gasteiger partial charge in [0.2, 0.25) is 0 Å². The first kappa shape index (κ1) is 13.3. The summed E-state index contributed by atoms with van der Waals surface area (Å²) in [6, 6.07) is 6.88.